The molecule has 0 atom stereocenters. The largest absolute Gasteiger partial charge is 0.385 e. The number of rotatable bonds is 12. The van der Waals surface area contributed by atoms with Gasteiger partial charge in [0.25, 0.3) is 0 Å². The maximum Gasteiger partial charge on any atom is 0.0370 e. The van der Waals surface area contributed by atoms with Crippen LogP contribution < -0.4 is 5.32 Å². The van der Waals surface area contributed by atoms with E-state index in [2.05, 4.69) is 69.4 Å². The van der Waals surface area contributed by atoms with Crippen LogP contribution in [0.1, 0.15) is 112 Å². The summed E-state index contributed by atoms with van der Waals surface area (Å²) < 4.78 is 0. The average Bonchev–Trinajstić information content (AvgIpc) is 2.80. The van der Waals surface area contributed by atoms with Gasteiger partial charge in [0, 0.05) is 12.2 Å². The van der Waals surface area contributed by atoms with Crippen molar-refractivity contribution in [2.75, 3.05) is 11.9 Å². The summed E-state index contributed by atoms with van der Waals surface area (Å²) in [7, 11) is 0. The van der Waals surface area contributed by atoms with Gasteiger partial charge in [-0.3, -0.25) is 0 Å². The van der Waals surface area contributed by atoms with E-state index in [4.69, 9.17) is 0 Å². The molecule has 1 fully saturated rings. The van der Waals surface area contributed by atoms with Crippen molar-refractivity contribution in [2.24, 2.45) is 5.92 Å². The highest BCUT2D eigenvalue weighted by molar-refractivity contribution is 5.52. The molecule has 3 rings (SSSR count). The third-order valence-corrected chi connectivity index (χ3v) is 7.72. The molecule has 0 aliphatic heterocycles. The van der Waals surface area contributed by atoms with Crippen molar-refractivity contribution < 1.29 is 0 Å². The molecular weight excluding hydrogens is 386 g/mol. The lowest BCUT2D eigenvalue weighted by Crippen LogP contribution is -2.13. The van der Waals surface area contributed by atoms with Crippen LogP contribution in [-0.2, 0) is 12.8 Å². The van der Waals surface area contributed by atoms with Gasteiger partial charge in [0.05, 0.1) is 0 Å². The highest BCUT2D eigenvalue weighted by Crippen LogP contribution is 2.38. The molecule has 1 nitrogen and oxygen atoms in total. The fourth-order valence-electron chi connectivity index (χ4n) is 5.48. The standard InChI is InChI=1S/C31H47N/c1-5-7-9-10-26-11-16-29(17-12-26)30-19-18-28(24(3)23-30)15-13-27-14-20-31(25(4)22-27)32-21-8-6-2/h14,18-20,22-23,26,29,32H,5-13,15-17,21H2,1-4H3/t26-,29-. The zero-order chi connectivity index (χ0) is 22.8. The lowest BCUT2D eigenvalue weighted by atomic mass is 9.76. The predicted molar refractivity (Wildman–Crippen MR) is 142 cm³/mol. The zero-order valence-electron chi connectivity index (χ0n) is 21.3. The Kier molecular flexibility index (Phi) is 10.2. The summed E-state index contributed by atoms with van der Waals surface area (Å²) in [6.45, 7) is 10.2. The van der Waals surface area contributed by atoms with Crippen LogP contribution in [0, 0.1) is 19.8 Å². The molecule has 0 spiro atoms. The molecule has 1 aliphatic rings. The first-order valence-electron chi connectivity index (χ1n) is 13.5. The molecule has 0 saturated heterocycles. The monoisotopic (exact) mass is 433 g/mol. The highest BCUT2D eigenvalue weighted by Gasteiger charge is 2.22. The molecule has 0 heterocycles. The minimum absolute atomic E-state index is 0.792. The summed E-state index contributed by atoms with van der Waals surface area (Å²) in [5.41, 5.74) is 8.72. The van der Waals surface area contributed by atoms with Crippen LogP contribution in [0.4, 0.5) is 5.69 Å². The zero-order valence-corrected chi connectivity index (χ0v) is 21.3. The third kappa shape index (κ3) is 7.39. The van der Waals surface area contributed by atoms with Crippen LogP contribution in [0.25, 0.3) is 0 Å². The number of hydrogen-bond donors (Lipinski definition) is 1. The topological polar surface area (TPSA) is 12.0 Å². The van der Waals surface area contributed by atoms with E-state index in [-0.39, 0.29) is 0 Å². The Morgan fingerprint density at radius 3 is 2.25 bits per heavy atom. The molecule has 1 heteroatoms. The van der Waals surface area contributed by atoms with Crippen LogP contribution in [-0.4, -0.2) is 6.54 Å². The summed E-state index contributed by atoms with van der Waals surface area (Å²) in [4.78, 5) is 0. The van der Waals surface area contributed by atoms with Gasteiger partial charge < -0.3 is 5.32 Å². The summed E-state index contributed by atoms with van der Waals surface area (Å²) in [5, 5.41) is 3.58. The quantitative estimate of drug-likeness (QED) is 0.329. The molecule has 2 aromatic rings. The van der Waals surface area contributed by atoms with Gasteiger partial charge in [0.2, 0.25) is 0 Å². The summed E-state index contributed by atoms with van der Waals surface area (Å²) in [6, 6.07) is 14.3. The Balaban J connectivity index is 1.50. The predicted octanol–water partition coefficient (Wildman–Crippen LogP) is 9.15. The fraction of sp³-hybridized carbons (Fsp3) is 0.613. The van der Waals surface area contributed by atoms with Gasteiger partial charge in [0.1, 0.15) is 0 Å². The minimum Gasteiger partial charge on any atom is -0.385 e. The van der Waals surface area contributed by atoms with E-state index >= 15 is 0 Å². The molecular formula is C31H47N. The molecule has 2 aromatic carbocycles. The van der Waals surface area contributed by atoms with Gasteiger partial charge >= 0.3 is 0 Å². The number of hydrogen-bond acceptors (Lipinski definition) is 1. The maximum atomic E-state index is 3.58. The van der Waals surface area contributed by atoms with Crippen molar-refractivity contribution in [1.29, 1.82) is 0 Å². The highest BCUT2D eigenvalue weighted by atomic mass is 14.9. The normalized spacial score (nSPS) is 18.6. The number of benzene rings is 2. The van der Waals surface area contributed by atoms with E-state index < -0.39 is 0 Å². The van der Waals surface area contributed by atoms with Gasteiger partial charge in [-0.1, -0.05) is 76.3 Å². The molecule has 0 unspecified atom stereocenters. The van der Waals surface area contributed by atoms with Crippen molar-refractivity contribution in [1.82, 2.24) is 0 Å². The van der Waals surface area contributed by atoms with E-state index in [1.165, 1.54) is 92.1 Å². The van der Waals surface area contributed by atoms with E-state index in [1.807, 2.05) is 0 Å². The van der Waals surface area contributed by atoms with Crippen LogP contribution in [0.5, 0.6) is 0 Å². The van der Waals surface area contributed by atoms with E-state index in [0.717, 1.165) is 31.2 Å². The summed E-state index contributed by atoms with van der Waals surface area (Å²) in [6.07, 6.45) is 16.1. The molecule has 1 aliphatic carbocycles. The number of unbranched alkanes of at least 4 members (excludes halogenated alkanes) is 3. The Labute approximate surface area is 198 Å². The minimum atomic E-state index is 0.792. The van der Waals surface area contributed by atoms with Gasteiger partial charge in [-0.25, -0.2) is 0 Å². The molecule has 1 saturated carbocycles. The van der Waals surface area contributed by atoms with E-state index in [9.17, 15) is 0 Å². The van der Waals surface area contributed by atoms with Gasteiger partial charge in [-0.2, -0.15) is 0 Å². The summed E-state index contributed by atoms with van der Waals surface area (Å²) >= 11 is 0. The van der Waals surface area contributed by atoms with Crippen LogP contribution >= 0.6 is 0 Å². The maximum absolute atomic E-state index is 3.58. The Morgan fingerprint density at radius 2 is 1.56 bits per heavy atom. The Hall–Kier alpha value is -1.76. The lowest BCUT2D eigenvalue weighted by molar-refractivity contribution is 0.302. The molecule has 0 radical (unpaired) electrons. The summed E-state index contributed by atoms with van der Waals surface area (Å²) in [5.74, 6) is 1.79. The van der Waals surface area contributed by atoms with Gasteiger partial charge in [-0.15, -0.1) is 0 Å². The third-order valence-electron chi connectivity index (χ3n) is 7.72. The molecule has 0 aromatic heterocycles. The Bertz CT molecular complexity index is 813. The van der Waals surface area contributed by atoms with Crippen LogP contribution in [0.2, 0.25) is 0 Å². The fourth-order valence-corrected chi connectivity index (χ4v) is 5.48. The van der Waals surface area contributed by atoms with Crippen molar-refractivity contribution in [2.45, 2.75) is 111 Å². The Morgan fingerprint density at radius 1 is 0.781 bits per heavy atom. The van der Waals surface area contributed by atoms with Crippen LogP contribution in [0.15, 0.2) is 36.4 Å². The first-order chi connectivity index (χ1) is 15.6. The number of aryl methyl sites for hydroxylation is 4. The number of anilines is 1. The number of nitrogens with one attached hydrogen (secondary N) is 1. The van der Waals surface area contributed by atoms with E-state index in [1.54, 1.807) is 5.56 Å². The second-order valence-corrected chi connectivity index (χ2v) is 10.3. The van der Waals surface area contributed by atoms with Crippen molar-refractivity contribution in [3.05, 3.63) is 64.2 Å². The van der Waals surface area contributed by atoms with E-state index in [0.29, 0.717) is 0 Å². The lowest BCUT2D eigenvalue weighted by Gasteiger charge is -2.29. The average molecular weight is 434 g/mol. The van der Waals surface area contributed by atoms with Gasteiger partial charge in [0.15, 0.2) is 0 Å². The van der Waals surface area contributed by atoms with Crippen molar-refractivity contribution in [3.8, 4) is 0 Å². The molecule has 1 N–H and O–H groups in total. The first kappa shape index (κ1) is 24.9. The molecule has 176 valence electrons. The van der Waals surface area contributed by atoms with Crippen molar-refractivity contribution >= 4 is 5.69 Å². The smallest absolute Gasteiger partial charge is 0.0370 e. The molecule has 32 heavy (non-hydrogen) atoms. The second kappa shape index (κ2) is 13.1. The second-order valence-electron chi connectivity index (χ2n) is 10.3. The van der Waals surface area contributed by atoms with Crippen LogP contribution in [0.3, 0.4) is 0 Å². The SMILES string of the molecule is CCCCC[C@H]1CC[C@H](c2ccc(CCc3ccc(NCCCC)c(C)c3)c(C)c2)CC1. The molecule has 0 amide bonds. The molecule has 0 bridgehead atoms. The first-order valence-corrected chi connectivity index (χ1v) is 13.5. The van der Waals surface area contributed by atoms with Gasteiger partial charge in [-0.05, 0) is 105 Å². The van der Waals surface area contributed by atoms with Crippen molar-refractivity contribution in [3.63, 3.8) is 0 Å².